The number of carbonyl (C=O) groups excluding carboxylic acids is 1. The van der Waals surface area contributed by atoms with Crippen molar-refractivity contribution in [1.29, 1.82) is 0 Å². The molecule has 5 rings (SSSR count). The molecule has 0 aliphatic heterocycles. The fourth-order valence-corrected chi connectivity index (χ4v) is 5.91. The molecule has 0 saturated heterocycles. The molecule has 0 radical (unpaired) electrons. The van der Waals surface area contributed by atoms with Gasteiger partial charge in [0.25, 0.3) is 0 Å². The summed E-state index contributed by atoms with van der Waals surface area (Å²) in [5, 5.41) is 16.7. The maximum absolute atomic E-state index is 14.8. The third-order valence-corrected chi connectivity index (χ3v) is 8.19. The molecule has 3 aromatic rings. The number of benzene rings is 1. The van der Waals surface area contributed by atoms with E-state index in [1.807, 2.05) is 11.5 Å². The average molecular weight is 550 g/mol. The molecule has 2 heterocycles. The molecule has 2 fully saturated rings. The Morgan fingerprint density at radius 2 is 1.97 bits per heavy atom. The van der Waals surface area contributed by atoms with Crippen molar-refractivity contribution in [3.8, 4) is 0 Å². The number of aliphatic hydroxyl groups excluding tert-OH is 1. The number of nitrogens with one attached hydrogen (secondary N) is 2. The average Bonchev–Trinajstić information content (AvgIpc) is 3.19. The van der Waals surface area contributed by atoms with E-state index in [1.54, 1.807) is 6.20 Å². The van der Waals surface area contributed by atoms with E-state index in [0.717, 1.165) is 19.3 Å². The van der Waals surface area contributed by atoms with Crippen LogP contribution in [0.15, 0.2) is 18.3 Å². The lowest BCUT2D eigenvalue weighted by molar-refractivity contribution is -0.128. The number of aromatic nitrogens is 4. The quantitative estimate of drug-likeness (QED) is 0.326. The van der Waals surface area contributed by atoms with Gasteiger partial charge in [0.05, 0.1) is 23.0 Å². The number of hydrogen-bond acceptors (Lipinski definition) is 7. The molecule has 9 nitrogen and oxygen atoms in total. The number of carbonyl (C=O) groups is 1. The zero-order valence-electron chi connectivity index (χ0n) is 20.5. The minimum atomic E-state index is -0.606. The molecule has 2 aromatic heterocycles. The number of anilines is 3. The van der Waals surface area contributed by atoms with Crippen molar-refractivity contribution in [3.63, 3.8) is 0 Å². The Hall–Kier alpha value is -2.69. The number of amides is 1. The van der Waals surface area contributed by atoms with Crippen molar-refractivity contribution in [2.24, 2.45) is 11.1 Å². The Kier molecular flexibility index (Phi) is 7.17. The molecule has 1 amide bonds. The highest BCUT2D eigenvalue weighted by Crippen LogP contribution is 2.43. The van der Waals surface area contributed by atoms with Crippen LogP contribution in [0.1, 0.15) is 64.3 Å². The molecule has 0 bridgehead atoms. The van der Waals surface area contributed by atoms with Gasteiger partial charge in [-0.3, -0.25) is 9.36 Å². The summed E-state index contributed by atoms with van der Waals surface area (Å²) in [6.45, 7) is 1.89. The van der Waals surface area contributed by atoms with Crippen molar-refractivity contribution >= 4 is 57.9 Å². The number of rotatable bonds is 6. The first kappa shape index (κ1) is 25.9. The van der Waals surface area contributed by atoms with Crippen LogP contribution in [0.2, 0.25) is 10.0 Å². The lowest BCUT2D eigenvalue weighted by atomic mass is 9.73. The van der Waals surface area contributed by atoms with Gasteiger partial charge in [-0.1, -0.05) is 30.1 Å². The lowest BCUT2D eigenvalue weighted by Crippen LogP contribution is -2.38. The molecule has 2 aliphatic carbocycles. The zero-order chi connectivity index (χ0) is 26.3. The van der Waals surface area contributed by atoms with Gasteiger partial charge in [-0.2, -0.15) is 4.98 Å². The molecule has 5 N–H and O–H groups in total. The van der Waals surface area contributed by atoms with E-state index in [-0.39, 0.29) is 39.8 Å². The summed E-state index contributed by atoms with van der Waals surface area (Å²) < 4.78 is 16.7. The van der Waals surface area contributed by atoms with E-state index < -0.39 is 11.2 Å². The first-order chi connectivity index (χ1) is 17.6. The van der Waals surface area contributed by atoms with Crippen LogP contribution < -0.4 is 16.4 Å². The van der Waals surface area contributed by atoms with Crippen LogP contribution in [-0.4, -0.2) is 42.7 Å². The lowest BCUT2D eigenvalue weighted by Gasteiger charge is -2.35. The van der Waals surface area contributed by atoms with Gasteiger partial charge in [0.1, 0.15) is 11.3 Å². The number of primary amides is 1. The Labute approximate surface area is 224 Å². The predicted molar refractivity (Wildman–Crippen MR) is 142 cm³/mol. The van der Waals surface area contributed by atoms with Crippen LogP contribution in [-0.2, 0) is 4.79 Å². The van der Waals surface area contributed by atoms with Gasteiger partial charge in [-0.05, 0) is 63.5 Å². The predicted octanol–water partition coefficient (Wildman–Crippen LogP) is 5.34. The Balaban J connectivity index is 1.52. The van der Waals surface area contributed by atoms with Crippen LogP contribution >= 0.6 is 23.2 Å². The molecule has 37 heavy (non-hydrogen) atoms. The van der Waals surface area contributed by atoms with Crippen LogP contribution in [0.3, 0.4) is 0 Å². The highest BCUT2D eigenvalue weighted by atomic mass is 35.5. The van der Waals surface area contributed by atoms with Gasteiger partial charge in [-0.25, -0.2) is 14.4 Å². The number of nitrogens with two attached hydrogens (primary N) is 1. The van der Waals surface area contributed by atoms with Gasteiger partial charge in [0.2, 0.25) is 17.8 Å². The van der Waals surface area contributed by atoms with E-state index in [2.05, 4.69) is 20.6 Å². The highest BCUT2D eigenvalue weighted by molar-refractivity contribution is 6.36. The molecule has 2 atom stereocenters. The van der Waals surface area contributed by atoms with Crippen molar-refractivity contribution in [2.75, 3.05) is 10.6 Å². The zero-order valence-corrected chi connectivity index (χ0v) is 22.0. The third-order valence-electron chi connectivity index (χ3n) is 7.67. The second-order valence-corrected chi connectivity index (χ2v) is 11.2. The first-order valence-electron chi connectivity index (χ1n) is 12.5. The number of halogens is 3. The molecule has 1 aromatic carbocycles. The van der Waals surface area contributed by atoms with E-state index in [0.29, 0.717) is 55.2 Å². The van der Waals surface area contributed by atoms with Crippen LogP contribution in [0.25, 0.3) is 11.2 Å². The Morgan fingerprint density at radius 1 is 1.22 bits per heavy atom. The summed E-state index contributed by atoms with van der Waals surface area (Å²) in [6, 6.07) is 2.65. The standard InChI is InChI=1S/C25H30Cl2FN7O2/c1-25(22(29)37)7-5-15(6-8-25)35-21-19(12-30-23(34-21)31-14-3-2-4-16(36)11-14)32-24(35)33-20-17(27)9-13(26)10-18(20)28/h9-10,12,14-16,36H,2-8,11H2,1H3,(H2,29,37)(H,32,33)(H,30,31,34)/t14-,15-,16+,25-/m1/s1. The molecular weight excluding hydrogens is 520 g/mol. The van der Waals surface area contributed by atoms with Gasteiger partial charge < -0.3 is 21.5 Å². The Morgan fingerprint density at radius 3 is 2.65 bits per heavy atom. The molecule has 2 saturated carbocycles. The minimum absolute atomic E-state index is 0.0582. The monoisotopic (exact) mass is 549 g/mol. The minimum Gasteiger partial charge on any atom is -0.393 e. The van der Waals surface area contributed by atoms with Crippen LogP contribution in [0.4, 0.5) is 22.0 Å². The smallest absolute Gasteiger partial charge is 0.224 e. The highest BCUT2D eigenvalue weighted by Gasteiger charge is 2.38. The third kappa shape index (κ3) is 5.32. The summed E-state index contributed by atoms with van der Waals surface area (Å²) in [5.41, 5.74) is 6.26. The van der Waals surface area contributed by atoms with Gasteiger partial charge >= 0.3 is 0 Å². The fraction of sp³-hybridized carbons (Fsp3) is 0.520. The van der Waals surface area contributed by atoms with Crippen LogP contribution in [0, 0.1) is 11.2 Å². The normalized spacial score (nSPS) is 26.2. The number of fused-ring (bicyclic) bond motifs is 1. The number of hydrogen-bond donors (Lipinski definition) is 4. The molecule has 12 heteroatoms. The molecule has 0 unspecified atom stereocenters. The molecule has 0 spiro atoms. The maximum Gasteiger partial charge on any atom is 0.224 e. The molecule has 198 valence electrons. The molecule has 2 aliphatic rings. The number of aliphatic hydroxyl groups is 1. The largest absolute Gasteiger partial charge is 0.393 e. The first-order valence-corrected chi connectivity index (χ1v) is 13.3. The number of nitrogens with zero attached hydrogens (tertiary/aromatic N) is 4. The Bertz CT molecular complexity index is 1300. The summed E-state index contributed by atoms with van der Waals surface area (Å²) in [4.78, 5) is 25.9. The maximum atomic E-state index is 14.8. The van der Waals surface area contributed by atoms with E-state index >= 15 is 0 Å². The summed E-state index contributed by atoms with van der Waals surface area (Å²) in [6.07, 6.45) is 7.13. The SMILES string of the molecule is C[C@]1(C(N)=O)CC[C@H](n2c(Nc3c(F)cc(Cl)cc3Cl)nc3cnc(N[C@@H]4CCC[C@H](O)C4)nc32)CC1. The van der Waals surface area contributed by atoms with Gasteiger partial charge in [-0.15, -0.1) is 0 Å². The van der Waals surface area contributed by atoms with Crippen molar-refractivity contribution in [2.45, 2.75) is 76.5 Å². The van der Waals surface area contributed by atoms with Gasteiger partial charge in [0.15, 0.2) is 5.65 Å². The second kappa shape index (κ2) is 10.2. The second-order valence-electron chi connectivity index (χ2n) is 10.4. The van der Waals surface area contributed by atoms with Crippen molar-refractivity contribution in [1.82, 2.24) is 19.5 Å². The van der Waals surface area contributed by atoms with Crippen molar-refractivity contribution < 1.29 is 14.3 Å². The number of imidazole rings is 1. The fourth-order valence-electron chi connectivity index (χ4n) is 5.39. The summed E-state index contributed by atoms with van der Waals surface area (Å²) in [5.74, 6) is -0.109. The van der Waals surface area contributed by atoms with E-state index in [4.69, 9.17) is 33.9 Å². The topological polar surface area (TPSA) is 131 Å². The molecular formula is C25H30Cl2FN7O2. The van der Waals surface area contributed by atoms with Crippen molar-refractivity contribution in [3.05, 3.63) is 34.2 Å². The van der Waals surface area contributed by atoms with Crippen LogP contribution in [0.5, 0.6) is 0 Å². The van der Waals surface area contributed by atoms with E-state index in [1.165, 1.54) is 12.1 Å². The van der Waals surface area contributed by atoms with Gasteiger partial charge in [0, 0.05) is 22.5 Å². The van der Waals surface area contributed by atoms with E-state index in [9.17, 15) is 14.3 Å². The summed E-state index contributed by atoms with van der Waals surface area (Å²) >= 11 is 12.3. The summed E-state index contributed by atoms with van der Waals surface area (Å²) in [7, 11) is 0.